The normalized spacial score (nSPS) is 22.5. The monoisotopic (exact) mass is 230 g/mol. The van der Waals surface area contributed by atoms with Gasteiger partial charge in [-0.15, -0.1) is 0 Å². The van der Waals surface area contributed by atoms with E-state index in [1.54, 1.807) is 24.3 Å². The Morgan fingerprint density at radius 2 is 2.12 bits per heavy atom. The summed E-state index contributed by atoms with van der Waals surface area (Å²) in [6.45, 7) is 1.83. The minimum absolute atomic E-state index is 0.436. The number of Topliss-reactive ketones (excluding diaryl/α,β-unsaturated/α-hetero) is 1. The van der Waals surface area contributed by atoms with Crippen molar-refractivity contribution in [3.05, 3.63) is 29.8 Å². The molecule has 2 aliphatic heterocycles. The zero-order chi connectivity index (χ0) is 12.0. The first-order chi connectivity index (χ1) is 8.18. The van der Waals surface area contributed by atoms with E-state index in [2.05, 4.69) is 5.16 Å². The highest BCUT2D eigenvalue weighted by molar-refractivity contribution is 6.52. The van der Waals surface area contributed by atoms with Crippen LogP contribution in [0.25, 0.3) is 0 Å². The number of fused-ring (bicyclic) bond motifs is 1. The molecule has 5 nitrogen and oxygen atoms in total. The highest BCUT2D eigenvalue weighted by Gasteiger charge is 2.42. The van der Waals surface area contributed by atoms with E-state index in [1.165, 1.54) is 4.90 Å². The second-order valence-electron chi connectivity index (χ2n) is 4.11. The van der Waals surface area contributed by atoms with Gasteiger partial charge in [-0.1, -0.05) is 17.3 Å². The number of nitrogens with zero attached hydrogens (tertiary/aromatic N) is 2. The van der Waals surface area contributed by atoms with Crippen LogP contribution < -0.4 is 4.90 Å². The molecule has 0 radical (unpaired) electrons. The molecule has 1 aromatic rings. The fraction of sp³-hybridized carbons (Fsp3) is 0.250. The Balaban J connectivity index is 2.01. The molecule has 1 amide bonds. The van der Waals surface area contributed by atoms with Crippen LogP contribution in [0.15, 0.2) is 29.4 Å². The van der Waals surface area contributed by atoms with E-state index >= 15 is 0 Å². The van der Waals surface area contributed by atoms with Gasteiger partial charge < -0.3 is 4.84 Å². The SMILES string of the molecule is CC1=NOC(N2C(=O)C(=O)c3ccccc32)C1. The third-order valence-electron chi connectivity index (χ3n) is 2.91. The lowest BCUT2D eigenvalue weighted by atomic mass is 10.1. The minimum Gasteiger partial charge on any atom is -0.370 e. The number of ketones is 1. The lowest BCUT2D eigenvalue weighted by Crippen LogP contribution is -2.39. The van der Waals surface area contributed by atoms with Gasteiger partial charge in [0.05, 0.1) is 17.0 Å². The van der Waals surface area contributed by atoms with E-state index in [9.17, 15) is 9.59 Å². The summed E-state index contributed by atoms with van der Waals surface area (Å²) in [7, 11) is 0. The van der Waals surface area contributed by atoms with Gasteiger partial charge in [0.2, 0.25) is 6.23 Å². The molecule has 3 rings (SSSR count). The van der Waals surface area contributed by atoms with Crippen molar-refractivity contribution in [1.29, 1.82) is 0 Å². The molecular formula is C12H10N2O3. The Morgan fingerprint density at radius 3 is 2.82 bits per heavy atom. The zero-order valence-electron chi connectivity index (χ0n) is 9.21. The van der Waals surface area contributed by atoms with Gasteiger partial charge in [-0.25, -0.2) is 0 Å². The van der Waals surface area contributed by atoms with E-state index in [0.717, 1.165) is 5.71 Å². The molecule has 0 saturated heterocycles. The van der Waals surface area contributed by atoms with Crippen molar-refractivity contribution in [1.82, 2.24) is 0 Å². The molecule has 0 bridgehead atoms. The van der Waals surface area contributed by atoms with Crippen molar-refractivity contribution in [3.8, 4) is 0 Å². The van der Waals surface area contributed by atoms with Crippen molar-refractivity contribution in [2.45, 2.75) is 19.6 Å². The van der Waals surface area contributed by atoms with Crippen molar-refractivity contribution in [2.75, 3.05) is 4.90 Å². The van der Waals surface area contributed by atoms with Crippen molar-refractivity contribution in [3.63, 3.8) is 0 Å². The second kappa shape index (κ2) is 3.41. The smallest absolute Gasteiger partial charge is 0.302 e. The summed E-state index contributed by atoms with van der Waals surface area (Å²) in [5.74, 6) is -1.02. The number of hydrogen-bond donors (Lipinski definition) is 0. The molecule has 17 heavy (non-hydrogen) atoms. The number of para-hydroxylation sites is 1. The number of oxime groups is 1. The summed E-state index contributed by atoms with van der Waals surface area (Å²) in [4.78, 5) is 30.2. The zero-order valence-corrected chi connectivity index (χ0v) is 9.21. The molecule has 0 N–H and O–H groups in total. The van der Waals surface area contributed by atoms with Crippen LogP contribution in [0, 0.1) is 0 Å². The van der Waals surface area contributed by atoms with Gasteiger partial charge in [0, 0.05) is 6.42 Å². The van der Waals surface area contributed by atoms with Gasteiger partial charge >= 0.3 is 5.91 Å². The Kier molecular flexibility index (Phi) is 2.01. The van der Waals surface area contributed by atoms with Gasteiger partial charge in [0.25, 0.3) is 5.78 Å². The molecule has 0 aromatic heterocycles. The molecular weight excluding hydrogens is 220 g/mol. The second-order valence-corrected chi connectivity index (χ2v) is 4.11. The van der Waals surface area contributed by atoms with Gasteiger partial charge in [-0.3, -0.25) is 14.5 Å². The highest BCUT2D eigenvalue weighted by atomic mass is 16.7. The molecule has 86 valence electrons. The number of carbonyl (C=O) groups excluding carboxylic acids is 2. The number of benzene rings is 1. The fourth-order valence-electron chi connectivity index (χ4n) is 2.11. The molecule has 1 atom stereocenters. The summed E-state index contributed by atoms with van der Waals surface area (Å²) in [6.07, 6.45) is 0.0444. The first kappa shape index (κ1) is 10.0. The Hall–Kier alpha value is -2.17. The predicted molar refractivity (Wildman–Crippen MR) is 60.9 cm³/mol. The molecule has 0 spiro atoms. The average molecular weight is 230 g/mol. The largest absolute Gasteiger partial charge is 0.370 e. The number of rotatable bonds is 1. The summed E-state index contributed by atoms with van der Waals surface area (Å²) in [5.41, 5.74) is 1.86. The molecule has 2 aliphatic rings. The summed E-state index contributed by atoms with van der Waals surface area (Å²) < 4.78 is 0. The van der Waals surface area contributed by atoms with Crippen LogP contribution in [-0.4, -0.2) is 23.6 Å². The van der Waals surface area contributed by atoms with Crippen LogP contribution in [0.1, 0.15) is 23.7 Å². The van der Waals surface area contributed by atoms with Crippen molar-refractivity contribution >= 4 is 23.1 Å². The first-order valence-corrected chi connectivity index (χ1v) is 5.34. The van der Waals surface area contributed by atoms with E-state index < -0.39 is 17.9 Å². The fourth-order valence-corrected chi connectivity index (χ4v) is 2.11. The quantitative estimate of drug-likeness (QED) is 0.684. The van der Waals surface area contributed by atoms with Gasteiger partial charge in [-0.05, 0) is 19.1 Å². The van der Waals surface area contributed by atoms with Gasteiger partial charge in [-0.2, -0.15) is 0 Å². The summed E-state index contributed by atoms with van der Waals surface area (Å²) >= 11 is 0. The van der Waals surface area contributed by atoms with Crippen LogP contribution in [0.2, 0.25) is 0 Å². The maximum absolute atomic E-state index is 11.9. The Labute approximate surface area is 97.7 Å². The van der Waals surface area contributed by atoms with Crippen molar-refractivity contribution < 1.29 is 14.4 Å². The standard InChI is InChI=1S/C12H10N2O3/c1-7-6-10(17-13-7)14-9-5-3-2-4-8(9)11(15)12(14)16/h2-5,10H,6H2,1H3. The maximum atomic E-state index is 11.9. The number of anilines is 1. The molecule has 0 fully saturated rings. The Bertz CT molecular complexity index is 550. The van der Waals surface area contributed by atoms with Crippen LogP contribution in [-0.2, 0) is 9.63 Å². The summed E-state index contributed by atoms with van der Waals surface area (Å²) in [5, 5.41) is 3.81. The number of carbonyl (C=O) groups is 2. The minimum atomic E-state index is -0.541. The molecule has 0 saturated carbocycles. The lowest BCUT2D eigenvalue weighted by molar-refractivity contribution is -0.116. The van der Waals surface area contributed by atoms with E-state index in [-0.39, 0.29) is 0 Å². The lowest BCUT2D eigenvalue weighted by Gasteiger charge is -2.21. The molecule has 0 aliphatic carbocycles. The Morgan fingerprint density at radius 1 is 1.35 bits per heavy atom. The topological polar surface area (TPSA) is 59.0 Å². The van der Waals surface area contributed by atoms with Crippen LogP contribution in [0.4, 0.5) is 5.69 Å². The number of amides is 1. The van der Waals surface area contributed by atoms with Gasteiger partial charge in [0.15, 0.2) is 0 Å². The third-order valence-corrected chi connectivity index (χ3v) is 2.91. The molecule has 5 heteroatoms. The van der Waals surface area contributed by atoms with Gasteiger partial charge in [0.1, 0.15) is 0 Å². The number of hydrogen-bond acceptors (Lipinski definition) is 4. The average Bonchev–Trinajstić information content (AvgIpc) is 2.84. The highest BCUT2D eigenvalue weighted by Crippen LogP contribution is 2.32. The predicted octanol–water partition coefficient (Wildman–Crippen LogP) is 1.34. The van der Waals surface area contributed by atoms with E-state index in [4.69, 9.17) is 4.84 Å². The maximum Gasteiger partial charge on any atom is 0.302 e. The van der Waals surface area contributed by atoms with E-state index in [1.807, 2.05) is 6.92 Å². The van der Waals surface area contributed by atoms with Crippen LogP contribution in [0.3, 0.4) is 0 Å². The first-order valence-electron chi connectivity index (χ1n) is 5.34. The molecule has 1 unspecified atom stereocenters. The molecule has 2 heterocycles. The summed E-state index contributed by atoms with van der Waals surface area (Å²) in [6, 6.07) is 6.93. The van der Waals surface area contributed by atoms with Crippen LogP contribution >= 0.6 is 0 Å². The van der Waals surface area contributed by atoms with Crippen LogP contribution in [0.5, 0.6) is 0 Å². The van der Waals surface area contributed by atoms with E-state index in [0.29, 0.717) is 17.7 Å². The third kappa shape index (κ3) is 1.35. The molecule has 1 aromatic carbocycles. The van der Waals surface area contributed by atoms with Crippen molar-refractivity contribution in [2.24, 2.45) is 5.16 Å².